The predicted molar refractivity (Wildman–Crippen MR) is 64.5 cm³/mol. The first-order valence-electron chi connectivity index (χ1n) is 5.03. The minimum atomic E-state index is -0.911. The SMILES string of the molecule is O=C(O)/C=C1\CCCOc2cc(Br)ccc21. The maximum absolute atomic E-state index is 10.7. The lowest BCUT2D eigenvalue weighted by molar-refractivity contribution is -0.131. The topological polar surface area (TPSA) is 46.5 Å². The van der Waals surface area contributed by atoms with Gasteiger partial charge in [-0.25, -0.2) is 4.79 Å². The zero-order chi connectivity index (χ0) is 11.5. The minimum Gasteiger partial charge on any atom is -0.493 e. The summed E-state index contributed by atoms with van der Waals surface area (Å²) < 4.78 is 6.51. The summed E-state index contributed by atoms with van der Waals surface area (Å²) in [6.07, 6.45) is 2.84. The predicted octanol–water partition coefficient (Wildman–Crippen LogP) is 3.09. The molecule has 0 aliphatic carbocycles. The van der Waals surface area contributed by atoms with E-state index in [4.69, 9.17) is 9.84 Å². The molecule has 1 aromatic rings. The molecular weight excluding hydrogens is 272 g/mol. The van der Waals surface area contributed by atoms with E-state index in [0.29, 0.717) is 6.61 Å². The molecule has 0 bridgehead atoms. The Hall–Kier alpha value is -1.29. The molecule has 1 N–H and O–H groups in total. The number of allylic oxidation sites excluding steroid dienone is 1. The number of hydrogen-bond donors (Lipinski definition) is 1. The summed E-state index contributed by atoms with van der Waals surface area (Å²) in [5.41, 5.74) is 1.70. The number of aliphatic carboxylic acids is 1. The van der Waals surface area contributed by atoms with E-state index in [1.807, 2.05) is 18.2 Å². The highest BCUT2D eigenvalue weighted by Gasteiger charge is 2.14. The van der Waals surface area contributed by atoms with Crippen LogP contribution in [-0.4, -0.2) is 17.7 Å². The molecule has 0 saturated carbocycles. The lowest BCUT2D eigenvalue weighted by Gasteiger charge is -2.08. The van der Waals surface area contributed by atoms with Gasteiger partial charge in [0.05, 0.1) is 6.61 Å². The second kappa shape index (κ2) is 4.70. The zero-order valence-corrected chi connectivity index (χ0v) is 10.2. The molecule has 0 unspecified atom stereocenters. The summed E-state index contributed by atoms with van der Waals surface area (Å²) in [6, 6.07) is 5.65. The van der Waals surface area contributed by atoms with Crippen molar-refractivity contribution in [3.8, 4) is 5.75 Å². The molecule has 0 amide bonds. The Kier molecular flexibility index (Phi) is 3.29. The van der Waals surface area contributed by atoms with Crippen LogP contribution in [0.2, 0.25) is 0 Å². The van der Waals surface area contributed by atoms with Crippen molar-refractivity contribution in [1.29, 1.82) is 0 Å². The second-order valence-electron chi connectivity index (χ2n) is 3.60. The largest absolute Gasteiger partial charge is 0.493 e. The molecule has 0 spiro atoms. The van der Waals surface area contributed by atoms with Crippen LogP contribution in [0, 0.1) is 0 Å². The molecule has 1 aliphatic heterocycles. The quantitative estimate of drug-likeness (QED) is 0.806. The van der Waals surface area contributed by atoms with Gasteiger partial charge in [-0.05, 0) is 36.6 Å². The zero-order valence-electron chi connectivity index (χ0n) is 8.57. The van der Waals surface area contributed by atoms with Crippen molar-refractivity contribution in [3.05, 3.63) is 34.3 Å². The summed E-state index contributed by atoms with van der Waals surface area (Å²) in [4.78, 5) is 10.7. The van der Waals surface area contributed by atoms with Gasteiger partial charge >= 0.3 is 5.97 Å². The summed E-state index contributed by atoms with van der Waals surface area (Å²) in [6.45, 7) is 0.625. The molecule has 2 rings (SSSR count). The summed E-state index contributed by atoms with van der Waals surface area (Å²) in [5, 5.41) is 8.81. The number of carbonyl (C=O) groups is 1. The van der Waals surface area contributed by atoms with Crippen LogP contribution in [0.5, 0.6) is 5.75 Å². The molecule has 0 atom stereocenters. The number of fused-ring (bicyclic) bond motifs is 1. The van der Waals surface area contributed by atoms with Crippen molar-refractivity contribution in [3.63, 3.8) is 0 Å². The standard InChI is InChI=1S/C12H11BrO3/c13-9-3-4-10-8(6-12(14)15)2-1-5-16-11(10)7-9/h3-4,6-7H,1-2,5H2,(H,14,15)/b8-6+. The first-order chi connectivity index (χ1) is 7.66. The van der Waals surface area contributed by atoms with Crippen LogP contribution >= 0.6 is 15.9 Å². The van der Waals surface area contributed by atoms with E-state index in [1.165, 1.54) is 6.08 Å². The van der Waals surface area contributed by atoms with Gasteiger partial charge in [0.25, 0.3) is 0 Å². The van der Waals surface area contributed by atoms with Gasteiger partial charge in [0.15, 0.2) is 0 Å². The van der Waals surface area contributed by atoms with Crippen LogP contribution in [0.1, 0.15) is 18.4 Å². The van der Waals surface area contributed by atoms with Gasteiger partial charge in [0.2, 0.25) is 0 Å². The number of benzene rings is 1. The molecule has 4 heteroatoms. The highest BCUT2D eigenvalue weighted by molar-refractivity contribution is 9.10. The van der Waals surface area contributed by atoms with Crippen LogP contribution < -0.4 is 4.74 Å². The lowest BCUT2D eigenvalue weighted by atomic mass is 10.0. The van der Waals surface area contributed by atoms with Crippen LogP contribution in [-0.2, 0) is 4.79 Å². The van der Waals surface area contributed by atoms with Crippen molar-refractivity contribution in [2.45, 2.75) is 12.8 Å². The fourth-order valence-electron chi connectivity index (χ4n) is 1.76. The van der Waals surface area contributed by atoms with Crippen molar-refractivity contribution in [2.24, 2.45) is 0 Å². The fourth-order valence-corrected chi connectivity index (χ4v) is 2.10. The number of carboxylic acids is 1. The summed E-state index contributed by atoms with van der Waals surface area (Å²) in [7, 11) is 0. The maximum Gasteiger partial charge on any atom is 0.328 e. The molecular formula is C12H11BrO3. The van der Waals surface area contributed by atoms with Crippen molar-refractivity contribution in [1.82, 2.24) is 0 Å². The highest BCUT2D eigenvalue weighted by atomic mass is 79.9. The fraction of sp³-hybridized carbons (Fsp3) is 0.250. The molecule has 3 nitrogen and oxygen atoms in total. The Labute approximate surface area is 102 Å². The first kappa shape index (κ1) is 11.2. The molecule has 0 radical (unpaired) electrons. The monoisotopic (exact) mass is 282 g/mol. The van der Waals surface area contributed by atoms with E-state index in [2.05, 4.69) is 15.9 Å². The lowest BCUT2D eigenvalue weighted by Crippen LogP contribution is -1.94. The van der Waals surface area contributed by atoms with E-state index in [0.717, 1.165) is 34.2 Å². The minimum absolute atomic E-state index is 0.625. The van der Waals surface area contributed by atoms with E-state index < -0.39 is 5.97 Å². The smallest absolute Gasteiger partial charge is 0.328 e. The van der Waals surface area contributed by atoms with Gasteiger partial charge < -0.3 is 9.84 Å². The summed E-state index contributed by atoms with van der Waals surface area (Å²) >= 11 is 3.37. The average molecular weight is 283 g/mol. The summed E-state index contributed by atoms with van der Waals surface area (Å²) in [5.74, 6) is -0.162. The maximum atomic E-state index is 10.7. The highest BCUT2D eigenvalue weighted by Crippen LogP contribution is 2.34. The Morgan fingerprint density at radius 2 is 2.31 bits per heavy atom. The Morgan fingerprint density at radius 3 is 3.06 bits per heavy atom. The van der Waals surface area contributed by atoms with E-state index in [-0.39, 0.29) is 0 Å². The van der Waals surface area contributed by atoms with E-state index >= 15 is 0 Å². The number of carboxylic acid groups (broad SMARTS) is 1. The Morgan fingerprint density at radius 1 is 1.50 bits per heavy atom. The van der Waals surface area contributed by atoms with Gasteiger partial charge in [0.1, 0.15) is 5.75 Å². The van der Waals surface area contributed by atoms with Gasteiger partial charge in [-0.2, -0.15) is 0 Å². The molecule has 0 saturated heterocycles. The number of ether oxygens (including phenoxy) is 1. The van der Waals surface area contributed by atoms with E-state index in [9.17, 15) is 4.79 Å². The van der Waals surface area contributed by atoms with Gasteiger partial charge in [-0.1, -0.05) is 15.9 Å². The van der Waals surface area contributed by atoms with Gasteiger partial charge in [-0.3, -0.25) is 0 Å². The number of hydrogen-bond acceptors (Lipinski definition) is 2. The van der Waals surface area contributed by atoms with Gasteiger partial charge in [0, 0.05) is 16.1 Å². The number of rotatable bonds is 1. The Balaban J connectivity index is 2.49. The average Bonchev–Trinajstić information content (AvgIpc) is 2.40. The van der Waals surface area contributed by atoms with E-state index in [1.54, 1.807) is 0 Å². The molecule has 0 aromatic heterocycles. The third kappa shape index (κ3) is 2.44. The number of halogens is 1. The normalized spacial score (nSPS) is 17.4. The first-order valence-corrected chi connectivity index (χ1v) is 5.82. The molecule has 1 aromatic carbocycles. The van der Waals surface area contributed by atoms with Crippen LogP contribution in [0.25, 0.3) is 5.57 Å². The molecule has 1 heterocycles. The molecule has 84 valence electrons. The van der Waals surface area contributed by atoms with Crippen LogP contribution in [0.3, 0.4) is 0 Å². The van der Waals surface area contributed by atoms with Gasteiger partial charge in [-0.15, -0.1) is 0 Å². The van der Waals surface area contributed by atoms with Crippen molar-refractivity contribution < 1.29 is 14.6 Å². The molecule has 0 fully saturated rings. The second-order valence-corrected chi connectivity index (χ2v) is 4.52. The van der Waals surface area contributed by atoms with Crippen LogP contribution in [0.4, 0.5) is 0 Å². The van der Waals surface area contributed by atoms with Crippen LogP contribution in [0.15, 0.2) is 28.7 Å². The third-order valence-electron chi connectivity index (χ3n) is 2.44. The van der Waals surface area contributed by atoms with Crippen molar-refractivity contribution >= 4 is 27.5 Å². The Bertz CT molecular complexity index is 452. The molecule has 1 aliphatic rings. The molecule has 16 heavy (non-hydrogen) atoms. The van der Waals surface area contributed by atoms with Crippen molar-refractivity contribution in [2.75, 3.05) is 6.61 Å². The third-order valence-corrected chi connectivity index (χ3v) is 2.93.